The number of benzene rings is 5. The lowest BCUT2D eigenvalue weighted by molar-refractivity contribution is -0.349. The predicted octanol–water partition coefficient (Wildman–Crippen LogP) is 7.71. The van der Waals surface area contributed by atoms with E-state index in [0.717, 1.165) is 13.8 Å². The molecule has 0 amide bonds. The van der Waals surface area contributed by atoms with E-state index in [9.17, 15) is 33.6 Å². The van der Waals surface area contributed by atoms with Gasteiger partial charge in [-0.25, -0.2) is 14.4 Å². The number of esters is 7. The number of fused-ring (bicyclic) bond motifs is 8. The molecule has 23 nitrogen and oxygen atoms in total. The monoisotopic (exact) mass is 1170 g/mol. The van der Waals surface area contributed by atoms with Gasteiger partial charge in [0, 0.05) is 33.3 Å². The van der Waals surface area contributed by atoms with Gasteiger partial charge < -0.3 is 75.8 Å². The molecule has 446 valence electrons. The van der Waals surface area contributed by atoms with Crippen LogP contribution in [0.4, 0.5) is 0 Å². The number of carbonyl (C=O) groups excluding carboxylic acids is 7. The van der Waals surface area contributed by atoms with Gasteiger partial charge in [-0.05, 0) is 67.4 Å². The number of rotatable bonds is 16. The van der Waals surface area contributed by atoms with Gasteiger partial charge in [-0.1, -0.05) is 81.3 Å². The molecule has 23 heteroatoms. The molecule has 5 aromatic rings. The zero-order valence-corrected chi connectivity index (χ0v) is 47.0. The largest absolute Gasteiger partial charge is 0.455 e. The molecule has 11 rings (SSSR count). The minimum atomic E-state index is -2.06. The van der Waals surface area contributed by atoms with Crippen molar-refractivity contribution in [2.24, 2.45) is 0 Å². The molecule has 0 saturated carbocycles. The molecule has 6 heterocycles. The van der Waals surface area contributed by atoms with Crippen molar-refractivity contribution in [3.63, 3.8) is 0 Å². The van der Waals surface area contributed by atoms with Crippen LogP contribution < -0.4 is 23.7 Å². The van der Waals surface area contributed by atoms with E-state index in [2.05, 4.69) is 0 Å². The molecule has 2 unspecified atom stereocenters. The highest BCUT2D eigenvalue weighted by atomic mass is 16.8. The fourth-order valence-corrected chi connectivity index (χ4v) is 11.2. The van der Waals surface area contributed by atoms with E-state index in [-0.39, 0.29) is 69.6 Å². The maximum atomic E-state index is 14.5. The molecule has 0 bridgehead atoms. The number of ether oxygens (including phenoxy) is 16. The average Bonchev–Trinajstić information content (AvgIpc) is 1.70. The summed E-state index contributed by atoms with van der Waals surface area (Å²) in [7, 11) is 0. The molecular weight excluding hydrogens is 1110 g/mol. The first-order valence-electron chi connectivity index (χ1n) is 27.8. The van der Waals surface area contributed by atoms with Crippen molar-refractivity contribution < 1.29 is 109 Å². The Labute approximate surface area is 486 Å². The molecule has 5 aromatic carbocycles. The Balaban J connectivity index is 1.13. The standard InChI is InChI=1S/C62H60O23/c1-7-17-45-70-29-43-51(80-45)53(72-31(3)63)55(74-33(5)65)60(78-43)83-49-41(76-57(67)35-19-11-9-12-20-35)27-25-39-47(49)82-48-40(62(39)38-24-16-15-23-37(38)59(69)85-62)26-28-42(77-58(68)36-21-13-10-14-22-36)50(48)84-61-56(75-34(6)66)54(73-32(4)64)52-44(79-61)30-71-46(81-52)18-8-2/h9-16,19-28,43-46,51-56,60-61H,7-8,17-18,29-30H2,1-6H3/t43-,44-,45?,46?,51-,52-,53+,54+,55-,56-,60+,61+,62?/m1/s1. The summed E-state index contributed by atoms with van der Waals surface area (Å²) >= 11 is 0. The highest BCUT2D eigenvalue weighted by Crippen LogP contribution is 2.63. The zero-order valence-electron chi connectivity index (χ0n) is 47.0. The fraction of sp³-hybridized carbons (Fsp3) is 0.403. The van der Waals surface area contributed by atoms with E-state index in [1.807, 2.05) is 13.8 Å². The maximum Gasteiger partial charge on any atom is 0.343 e. The molecule has 6 aliphatic heterocycles. The molecule has 85 heavy (non-hydrogen) atoms. The molecule has 4 fully saturated rings. The molecule has 4 saturated heterocycles. The van der Waals surface area contributed by atoms with Crippen molar-refractivity contribution in [2.45, 2.75) is 147 Å². The van der Waals surface area contributed by atoms with Crippen LogP contribution in [0.2, 0.25) is 0 Å². The van der Waals surface area contributed by atoms with Gasteiger partial charge in [0.1, 0.15) is 24.4 Å². The second kappa shape index (κ2) is 24.6. The highest BCUT2D eigenvalue weighted by Gasteiger charge is 2.60. The summed E-state index contributed by atoms with van der Waals surface area (Å²) in [5.74, 6) is -8.06. The molecule has 0 aromatic heterocycles. The summed E-state index contributed by atoms with van der Waals surface area (Å²) < 4.78 is 101. The van der Waals surface area contributed by atoms with Gasteiger partial charge in [-0.3, -0.25) is 19.2 Å². The van der Waals surface area contributed by atoms with E-state index in [1.54, 1.807) is 60.7 Å². The van der Waals surface area contributed by atoms with Crippen LogP contribution in [-0.2, 0) is 76.9 Å². The quantitative estimate of drug-likeness (QED) is 0.0520. The van der Waals surface area contributed by atoms with Crippen molar-refractivity contribution >= 4 is 41.8 Å². The van der Waals surface area contributed by atoms with E-state index in [1.165, 1.54) is 62.4 Å². The van der Waals surface area contributed by atoms with E-state index < -0.39 is 133 Å². The fourth-order valence-electron chi connectivity index (χ4n) is 11.2. The Kier molecular flexibility index (Phi) is 16.9. The third-order valence-electron chi connectivity index (χ3n) is 14.7. The van der Waals surface area contributed by atoms with Crippen LogP contribution in [0.3, 0.4) is 0 Å². The van der Waals surface area contributed by atoms with Crippen LogP contribution in [0.5, 0.6) is 34.5 Å². The molecule has 0 radical (unpaired) electrons. The Morgan fingerprint density at radius 2 is 0.906 bits per heavy atom. The Hall–Kier alpha value is -8.45. The van der Waals surface area contributed by atoms with Crippen LogP contribution >= 0.6 is 0 Å². The minimum absolute atomic E-state index is 0.0522. The third-order valence-corrected chi connectivity index (χ3v) is 14.7. The Morgan fingerprint density at radius 1 is 0.494 bits per heavy atom. The predicted molar refractivity (Wildman–Crippen MR) is 287 cm³/mol. The van der Waals surface area contributed by atoms with Crippen LogP contribution in [0, 0.1) is 0 Å². The molecule has 0 aliphatic carbocycles. The lowest BCUT2D eigenvalue weighted by Crippen LogP contribution is -2.65. The second-order valence-electron chi connectivity index (χ2n) is 20.7. The smallest absolute Gasteiger partial charge is 0.343 e. The van der Waals surface area contributed by atoms with E-state index >= 15 is 0 Å². The molecule has 1 spiro atoms. The van der Waals surface area contributed by atoms with Crippen LogP contribution in [-0.4, -0.2) is 129 Å². The van der Waals surface area contributed by atoms with E-state index in [4.69, 9.17) is 75.8 Å². The lowest BCUT2D eigenvalue weighted by atomic mass is 9.77. The van der Waals surface area contributed by atoms with Crippen molar-refractivity contribution in [3.05, 3.63) is 143 Å². The van der Waals surface area contributed by atoms with Crippen LogP contribution in [0.15, 0.2) is 109 Å². The first-order valence-corrected chi connectivity index (χ1v) is 27.8. The first kappa shape index (κ1) is 58.3. The van der Waals surface area contributed by atoms with Crippen molar-refractivity contribution in [1.82, 2.24) is 0 Å². The van der Waals surface area contributed by atoms with Crippen molar-refractivity contribution in [3.8, 4) is 34.5 Å². The summed E-state index contributed by atoms with van der Waals surface area (Å²) in [6, 6.07) is 28.2. The summed E-state index contributed by atoms with van der Waals surface area (Å²) in [5.41, 5.74) is -1.37. The maximum absolute atomic E-state index is 14.5. The molecule has 6 aliphatic rings. The third kappa shape index (κ3) is 11.6. The van der Waals surface area contributed by atoms with Crippen LogP contribution in [0.1, 0.15) is 115 Å². The SMILES string of the molecule is CCCC1OC[C@H]2O[C@@H](Oc3c(OC(=O)c4ccccc4)ccc4c3Oc3c(ccc(OC(=O)c5ccccc5)c3O[C@@H]3O[C@@H]5COC(CCC)O[C@H]5[C@H](OC(C)=O)[C@H]3OC(C)=O)C43OC(=O)c4ccccc43)[C@H](OC(C)=O)[C@@H](OC(C)=O)[C@@H]2O1. The van der Waals surface area contributed by atoms with Gasteiger partial charge in [0.25, 0.3) is 0 Å². The van der Waals surface area contributed by atoms with Gasteiger partial charge in [0.2, 0.25) is 36.3 Å². The Morgan fingerprint density at radius 3 is 1.33 bits per heavy atom. The van der Waals surface area contributed by atoms with Crippen LogP contribution in [0.25, 0.3) is 0 Å². The van der Waals surface area contributed by atoms with Gasteiger partial charge in [0.15, 0.2) is 53.4 Å². The molecule has 0 N–H and O–H groups in total. The summed E-state index contributed by atoms with van der Waals surface area (Å²) in [6.07, 6.45) is -13.0. The average molecular weight is 1170 g/mol. The van der Waals surface area contributed by atoms with E-state index in [0.29, 0.717) is 25.7 Å². The van der Waals surface area contributed by atoms with Gasteiger partial charge in [0.05, 0.1) is 41.0 Å². The normalized spacial score (nSPS) is 27.8. The lowest BCUT2D eigenvalue weighted by Gasteiger charge is -2.48. The second-order valence-corrected chi connectivity index (χ2v) is 20.7. The highest BCUT2D eigenvalue weighted by molar-refractivity contribution is 5.98. The zero-order chi connectivity index (χ0) is 59.7. The minimum Gasteiger partial charge on any atom is -0.455 e. The first-order chi connectivity index (χ1) is 41.0. The molecular formula is C62H60O23. The number of carbonyl (C=O) groups is 7. The van der Waals surface area contributed by atoms with Crippen molar-refractivity contribution in [1.29, 1.82) is 0 Å². The van der Waals surface area contributed by atoms with Gasteiger partial charge in [-0.2, -0.15) is 0 Å². The van der Waals surface area contributed by atoms with Crippen molar-refractivity contribution in [2.75, 3.05) is 13.2 Å². The number of hydrogen-bond donors (Lipinski definition) is 0. The molecule has 12 atom stereocenters. The number of hydrogen-bond acceptors (Lipinski definition) is 23. The summed E-state index contributed by atoms with van der Waals surface area (Å²) in [5, 5.41) is 0. The topological polar surface area (TPSA) is 267 Å². The Bertz CT molecular complexity index is 3180. The summed E-state index contributed by atoms with van der Waals surface area (Å²) in [4.78, 5) is 95.5. The summed E-state index contributed by atoms with van der Waals surface area (Å²) in [6.45, 7) is 8.24. The van der Waals surface area contributed by atoms with Gasteiger partial charge in [-0.15, -0.1) is 0 Å². The van der Waals surface area contributed by atoms with Gasteiger partial charge >= 0.3 is 41.8 Å².